The number of nitrogens with one attached hydrogen (secondary N) is 1. The number of nitriles is 1. The van der Waals surface area contributed by atoms with Crippen LogP contribution in [0.2, 0.25) is 0 Å². The maximum absolute atomic E-state index is 12.4. The normalized spacial score (nSPS) is 10.7. The van der Waals surface area contributed by atoms with E-state index < -0.39 is 5.91 Å². The summed E-state index contributed by atoms with van der Waals surface area (Å²) in [5, 5.41) is 12.0. The molecule has 0 radical (unpaired) electrons. The Morgan fingerprint density at radius 2 is 1.81 bits per heavy atom. The number of carbonyl (C=O) groups is 1. The first-order chi connectivity index (χ1) is 12.5. The van der Waals surface area contributed by atoms with Crippen LogP contribution in [0.5, 0.6) is 17.2 Å². The maximum Gasteiger partial charge on any atom is 0.266 e. The lowest BCUT2D eigenvalue weighted by Crippen LogP contribution is -2.13. The summed E-state index contributed by atoms with van der Waals surface area (Å²) < 4.78 is 16.2. The Labute approximate surface area is 160 Å². The fraction of sp³-hybridized carbons (Fsp3) is 0.158. The SMILES string of the molecule is COc1ccc(NC(=O)/C(C#N)=C\c2cc(Br)c(OC)c(OC)c2)cc1. The van der Waals surface area contributed by atoms with Crippen LogP contribution in [0.3, 0.4) is 0 Å². The van der Waals surface area contributed by atoms with Gasteiger partial charge in [0.05, 0.1) is 25.8 Å². The van der Waals surface area contributed by atoms with Gasteiger partial charge in [0.25, 0.3) is 5.91 Å². The number of hydrogen-bond acceptors (Lipinski definition) is 5. The molecule has 0 heterocycles. The molecular weight excluding hydrogens is 400 g/mol. The summed E-state index contributed by atoms with van der Waals surface area (Å²) in [5.74, 6) is 1.18. The van der Waals surface area contributed by atoms with E-state index in [1.165, 1.54) is 20.3 Å². The minimum atomic E-state index is -0.511. The van der Waals surface area contributed by atoms with Gasteiger partial charge in [0, 0.05) is 5.69 Å². The Morgan fingerprint density at radius 1 is 1.12 bits per heavy atom. The second-order valence-electron chi connectivity index (χ2n) is 5.09. The molecule has 0 aliphatic carbocycles. The van der Waals surface area contributed by atoms with Crippen molar-refractivity contribution in [2.75, 3.05) is 26.6 Å². The highest BCUT2D eigenvalue weighted by molar-refractivity contribution is 9.10. The topological polar surface area (TPSA) is 80.6 Å². The van der Waals surface area contributed by atoms with E-state index in [-0.39, 0.29) is 5.57 Å². The minimum Gasteiger partial charge on any atom is -0.497 e. The third kappa shape index (κ3) is 4.55. The zero-order valence-corrected chi connectivity index (χ0v) is 16.1. The summed E-state index contributed by atoms with van der Waals surface area (Å²) in [5.41, 5.74) is 1.14. The van der Waals surface area contributed by atoms with Crippen molar-refractivity contribution < 1.29 is 19.0 Å². The second kappa shape index (κ2) is 8.92. The van der Waals surface area contributed by atoms with Crippen LogP contribution in [0.15, 0.2) is 46.4 Å². The van der Waals surface area contributed by atoms with Crippen molar-refractivity contribution in [3.05, 3.63) is 52.0 Å². The average molecular weight is 417 g/mol. The summed E-state index contributed by atoms with van der Waals surface area (Å²) in [7, 11) is 4.60. The number of nitrogens with zero attached hydrogens (tertiary/aromatic N) is 1. The molecule has 2 aromatic rings. The molecule has 0 atom stereocenters. The number of anilines is 1. The number of benzene rings is 2. The first-order valence-electron chi connectivity index (χ1n) is 7.51. The molecule has 6 nitrogen and oxygen atoms in total. The molecule has 1 amide bonds. The van der Waals surface area contributed by atoms with Gasteiger partial charge >= 0.3 is 0 Å². The monoisotopic (exact) mass is 416 g/mol. The van der Waals surface area contributed by atoms with Crippen molar-refractivity contribution >= 4 is 33.6 Å². The van der Waals surface area contributed by atoms with E-state index in [2.05, 4.69) is 21.2 Å². The lowest BCUT2D eigenvalue weighted by atomic mass is 10.1. The first-order valence-corrected chi connectivity index (χ1v) is 8.30. The molecule has 2 rings (SSSR count). The van der Waals surface area contributed by atoms with Crippen LogP contribution < -0.4 is 19.5 Å². The van der Waals surface area contributed by atoms with E-state index in [1.54, 1.807) is 43.5 Å². The van der Waals surface area contributed by atoms with Crippen molar-refractivity contribution in [1.82, 2.24) is 0 Å². The van der Waals surface area contributed by atoms with E-state index in [4.69, 9.17) is 14.2 Å². The van der Waals surface area contributed by atoms with Crippen LogP contribution in [0, 0.1) is 11.3 Å². The number of ether oxygens (including phenoxy) is 3. The Balaban J connectivity index is 2.27. The lowest BCUT2D eigenvalue weighted by Gasteiger charge is -2.11. The molecular formula is C19H17BrN2O4. The van der Waals surface area contributed by atoms with E-state index in [9.17, 15) is 10.1 Å². The molecule has 0 saturated heterocycles. The predicted molar refractivity (Wildman–Crippen MR) is 102 cm³/mol. The number of hydrogen-bond donors (Lipinski definition) is 1. The fourth-order valence-electron chi connectivity index (χ4n) is 2.21. The van der Waals surface area contributed by atoms with Crippen molar-refractivity contribution in [3.8, 4) is 23.3 Å². The van der Waals surface area contributed by atoms with Crippen molar-refractivity contribution in [3.63, 3.8) is 0 Å². The first kappa shape index (κ1) is 19.3. The molecule has 0 saturated carbocycles. The number of halogens is 1. The molecule has 0 aromatic heterocycles. The smallest absolute Gasteiger partial charge is 0.266 e. The lowest BCUT2D eigenvalue weighted by molar-refractivity contribution is -0.112. The van der Waals surface area contributed by atoms with Crippen LogP contribution >= 0.6 is 15.9 Å². The Morgan fingerprint density at radius 3 is 2.35 bits per heavy atom. The number of amides is 1. The average Bonchev–Trinajstić information content (AvgIpc) is 2.66. The molecule has 0 fully saturated rings. The van der Waals surface area contributed by atoms with Gasteiger partial charge in [-0.2, -0.15) is 5.26 Å². The number of methoxy groups -OCH3 is 3. The Hall–Kier alpha value is -2.98. The van der Waals surface area contributed by atoms with Gasteiger partial charge < -0.3 is 19.5 Å². The highest BCUT2D eigenvalue weighted by Crippen LogP contribution is 2.36. The van der Waals surface area contributed by atoms with Gasteiger partial charge in [-0.1, -0.05) is 0 Å². The van der Waals surface area contributed by atoms with Crippen LogP contribution in [-0.4, -0.2) is 27.2 Å². The molecule has 134 valence electrons. The minimum absolute atomic E-state index is 0.0417. The van der Waals surface area contributed by atoms with E-state index >= 15 is 0 Å². The summed E-state index contributed by atoms with van der Waals surface area (Å²) >= 11 is 3.39. The van der Waals surface area contributed by atoms with Crippen molar-refractivity contribution in [1.29, 1.82) is 5.26 Å². The van der Waals surface area contributed by atoms with Crippen LogP contribution in [0.1, 0.15) is 5.56 Å². The summed E-state index contributed by atoms with van der Waals surface area (Å²) in [6.07, 6.45) is 1.48. The third-order valence-corrected chi connectivity index (χ3v) is 4.07. The van der Waals surface area contributed by atoms with Gasteiger partial charge in [0.15, 0.2) is 11.5 Å². The predicted octanol–water partition coefficient (Wildman–Crippen LogP) is 4.02. The van der Waals surface area contributed by atoms with Gasteiger partial charge in [0.1, 0.15) is 17.4 Å². The van der Waals surface area contributed by atoms with Gasteiger partial charge in [0.2, 0.25) is 0 Å². The molecule has 0 aliphatic rings. The largest absolute Gasteiger partial charge is 0.497 e. The highest BCUT2D eigenvalue weighted by Gasteiger charge is 2.13. The van der Waals surface area contributed by atoms with Gasteiger partial charge in [-0.3, -0.25) is 4.79 Å². The molecule has 0 unspecified atom stereocenters. The van der Waals surface area contributed by atoms with Crippen LogP contribution in [0.4, 0.5) is 5.69 Å². The van der Waals surface area contributed by atoms with Gasteiger partial charge in [-0.25, -0.2) is 0 Å². The van der Waals surface area contributed by atoms with E-state index in [1.807, 2.05) is 6.07 Å². The molecule has 26 heavy (non-hydrogen) atoms. The van der Waals surface area contributed by atoms with Crippen LogP contribution in [0.25, 0.3) is 6.08 Å². The maximum atomic E-state index is 12.4. The highest BCUT2D eigenvalue weighted by atomic mass is 79.9. The van der Waals surface area contributed by atoms with E-state index in [0.29, 0.717) is 33.0 Å². The quantitative estimate of drug-likeness (QED) is 0.567. The molecule has 7 heteroatoms. The van der Waals surface area contributed by atoms with Crippen molar-refractivity contribution in [2.24, 2.45) is 0 Å². The summed E-state index contributed by atoms with van der Waals surface area (Å²) in [6, 6.07) is 12.2. The fourth-order valence-corrected chi connectivity index (χ4v) is 2.83. The number of rotatable bonds is 6. The van der Waals surface area contributed by atoms with Crippen molar-refractivity contribution in [2.45, 2.75) is 0 Å². The standard InChI is InChI=1S/C19H17BrN2O4/c1-24-15-6-4-14(5-7-15)22-19(23)13(11-21)8-12-9-16(20)18(26-3)17(10-12)25-2/h4-10H,1-3H3,(H,22,23)/b13-8-. The zero-order chi connectivity index (χ0) is 19.1. The zero-order valence-electron chi connectivity index (χ0n) is 14.5. The van der Waals surface area contributed by atoms with Gasteiger partial charge in [-0.05, 0) is 64.0 Å². The molecule has 0 bridgehead atoms. The number of carbonyl (C=O) groups excluding carboxylic acids is 1. The Kier molecular flexibility index (Phi) is 6.64. The van der Waals surface area contributed by atoms with E-state index in [0.717, 1.165) is 0 Å². The van der Waals surface area contributed by atoms with Gasteiger partial charge in [-0.15, -0.1) is 0 Å². The summed E-state index contributed by atoms with van der Waals surface area (Å²) in [6.45, 7) is 0. The molecule has 1 N–H and O–H groups in total. The second-order valence-corrected chi connectivity index (χ2v) is 5.95. The molecule has 2 aromatic carbocycles. The van der Waals surface area contributed by atoms with Crippen LogP contribution in [-0.2, 0) is 4.79 Å². The third-order valence-electron chi connectivity index (χ3n) is 3.48. The molecule has 0 spiro atoms. The molecule has 0 aliphatic heterocycles. The summed E-state index contributed by atoms with van der Waals surface area (Å²) in [4.78, 5) is 12.4. The Bertz CT molecular complexity index is 870.